The van der Waals surface area contributed by atoms with E-state index < -0.39 is 5.97 Å². The number of carboxylic acid groups (broad SMARTS) is 1. The summed E-state index contributed by atoms with van der Waals surface area (Å²) in [6.07, 6.45) is 3.69. The van der Waals surface area contributed by atoms with E-state index in [-0.39, 0.29) is 0 Å². The number of unbranched alkanes of at least 4 members (excludes halogenated alkanes) is 1. The van der Waals surface area contributed by atoms with Gasteiger partial charge in [0.25, 0.3) is 0 Å². The maximum Gasteiger partial charge on any atom is 0.329 e. The topological polar surface area (TPSA) is 37.3 Å². The highest BCUT2D eigenvalue weighted by atomic mass is 35.5. The summed E-state index contributed by atoms with van der Waals surface area (Å²) in [5.41, 5.74) is 0. The van der Waals surface area contributed by atoms with Crippen LogP contribution in [0, 0.1) is 0 Å². The summed E-state index contributed by atoms with van der Waals surface area (Å²) < 4.78 is 0. The van der Waals surface area contributed by atoms with Gasteiger partial charge in [-0.25, -0.2) is 4.79 Å². The first-order valence-corrected chi connectivity index (χ1v) is 3.63. The second kappa shape index (κ2) is 5.30. The van der Waals surface area contributed by atoms with Gasteiger partial charge in [-0.3, -0.25) is 0 Å². The van der Waals surface area contributed by atoms with Crippen LogP contribution in [0.1, 0.15) is 26.2 Å². The summed E-state index contributed by atoms with van der Waals surface area (Å²) in [6, 6.07) is 0. The average Bonchev–Trinajstić information content (AvgIpc) is 1.82. The zero-order valence-corrected chi connectivity index (χ0v) is 6.69. The standard InChI is InChI=1S/C7H11ClO2/c1-2-3-4-6(8)5-7(9)10/h5H,2-4H2,1H3,(H,9,10). The van der Waals surface area contributed by atoms with Gasteiger partial charge >= 0.3 is 5.97 Å². The molecule has 10 heavy (non-hydrogen) atoms. The largest absolute Gasteiger partial charge is 0.478 e. The Morgan fingerprint density at radius 3 is 2.70 bits per heavy atom. The molecule has 0 aliphatic carbocycles. The van der Waals surface area contributed by atoms with E-state index in [4.69, 9.17) is 16.7 Å². The van der Waals surface area contributed by atoms with Crippen LogP contribution in [0.4, 0.5) is 0 Å². The summed E-state index contributed by atoms with van der Waals surface area (Å²) >= 11 is 5.53. The molecule has 0 aromatic carbocycles. The molecule has 3 heteroatoms. The van der Waals surface area contributed by atoms with Crippen molar-refractivity contribution in [2.75, 3.05) is 0 Å². The Bertz CT molecular complexity index is 141. The molecule has 0 aromatic heterocycles. The lowest BCUT2D eigenvalue weighted by molar-refractivity contribution is -0.131. The zero-order valence-electron chi connectivity index (χ0n) is 5.93. The molecule has 0 rings (SSSR count). The highest BCUT2D eigenvalue weighted by Gasteiger charge is 1.94. The van der Waals surface area contributed by atoms with Crippen LogP contribution in [0.15, 0.2) is 11.1 Å². The highest BCUT2D eigenvalue weighted by Crippen LogP contribution is 2.10. The molecular formula is C7H11ClO2. The maximum atomic E-state index is 10.0. The van der Waals surface area contributed by atoms with E-state index in [1.54, 1.807) is 0 Å². The van der Waals surface area contributed by atoms with Crippen molar-refractivity contribution in [1.29, 1.82) is 0 Å². The van der Waals surface area contributed by atoms with E-state index in [1.807, 2.05) is 6.92 Å². The van der Waals surface area contributed by atoms with Crippen LogP contribution in [0.2, 0.25) is 0 Å². The van der Waals surface area contributed by atoms with Gasteiger partial charge in [-0.1, -0.05) is 24.9 Å². The number of halogens is 1. The first-order valence-electron chi connectivity index (χ1n) is 3.25. The van der Waals surface area contributed by atoms with E-state index >= 15 is 0 Å². The first kappa shape index (κ1) is 9.50. The minimum atomic E-state index is -0.971. The molecular weight excluding hydrogens is 152 g/mol. The molecule has 0 bridgehead atoms. The van der Waals surface area contributed by atoms with Crippen molar-refractivity contribution in [3.63, 3.8) is 0 Å². The van der Waals surface area contributed by atoms with E-state index in [1.165, 1.54) is 0 Å². The van der Waals surface area contributed by atoms with Gasteiger partial charge in [-0.05, 0) is 12.8 Å². The quantitative estimate of drug-likeness (QED) is 0.645. The van der Waals surface area contributed by atoms with E-state index in [9.17, 15) is 4.79 Å². The van der Waals surface area contributed by atoms with Crippen LogP contribution in [0.25, 0.3) is 0 Å². The molecule has 2 nitrogen and oxygen atoms in total. The molecule has 0 amide bonds. The van der Waals surface area contributed by atoms with Crippen molar-refractivity contribution in [2.45, 2.75) is 26.2 Å². The summed E-state index contributed by atoms with van der Waals surface area (Å²) in [4.78, 5) is 10.0. The lowest BCUT2D eigenvalue weighted by Gasteiger charge is -1.92. The molecule has 1 N–H and O–H groups in total. The Hall–Kier alpha value is -0.500. The lowest BCUT2D eigenvalue weighted by atomic mass is 10.2. The van der Waals surface area contributed by atoms with E-state index in [0.29, 0.717) is 11.5 Å². The average molecular weight is 163 g/mol. The van der Waals surface area contributed by atoms with Crippen molar-refractivity contribution < 1.29 is 9.90 Å². The van der Waals surface area contributed by atoms with Crippen LogP contribution < -0.4 is 0 Å². The number of hydrogen-bond donors (Lipinski definition) is 1. The van der Waals surface area contributed by atoms with Crippen molar-refractivity contribution in [3.8, 4) is 0 Å². The van der Waals surface area contributed by atoms with E-state index in [0.717, 1.165) is 18.9 Å². The smallest absolute Gasteiger partial charge is 0.329 e. The molecule has 0 aliphatic heterocycles. The Kier molecular flexibility index (Phi) is 5.03. The highest BCUT2D eigenvalue weighted by molar-refractivity contribution is 6.30. The predicted octanol–water partition coefficient (Wildman–Crippen LogP) is 2.38. The van der Waals surface area contributed by atoms with E-state index in [2.05, 4.69) is 0 Å². The lowest BCUT2D eigenvalue weighted by Crippen LogP contribution is -1.88. The SMILES string of the molecule is CCCCC(Cl)=CC(=O)O. The number of aliphatic carboxylic acids is 1. The molecule has 0 aromatic rings. The number of allylic oxidation sites excluding steroid dienone is 1. The molecule has 0 saturated carbocycles. The predicted molar refractivity (Wildman–Crippen MR) is 41.1 cm³/mol. The van der Waals surface area contributed by atoms with Crippen LogP contribution in [-0.2, 0) is 4.79 Å². The fraction of sp³-hybridized carbons (Fsp3) is 0.571. The Morgan fingerprint density at radius 1 is 1.70 bits per heavy atom. The Morgan fingerprint density at radius 2 is 2.30 bits per heavy atom. The van der Waals surface area contributed by atoms with Crippen molar-refractivity contribution in [3.05, 3.63) is 11.1 Å². The Balaban J connectivity index is 3.60. The summed E-state index contributed by atoms with van der Waals surface area (Å²) in [5, 5.41) is 8.65. The monoisotopic (exact) mass is 162 g/mol. The summed E-state index contributed by atoms with van der Waals surface area (Å²) in [5.74, 6) is -0.971. The van der Waals surface area contributed by atoms with Gasteiger partial charge in [0.2, 0.25) is 0 Å². The van der Waals surface area contributed by atoms with Crippen LogP contribution in [0.3, 0.4) is 0 Å². The molecule has 0 radical (unpaired) electrons. The van der Waals surface area contributed by atoms with Crippen LogP contribution in [-0.4, -0.2) is 11.1 Å². The van der Waals surface area contributed by atoms with Crippen LogP contribution >= 0.6 is 11.6 Å². The third-order valence-electron chi connectivity index (χ3n) is 1.05. The molecule has 0 heterocycles. The third-order valence-corrected chi connectivity index (χ3v) is 1.35. The van der Waals surface area contributed by atoms with Gasteiger partial charge < -0.3 is 5.11 Å². The van der Waals surface area contributed by atoms with Gasteiger partial charge in [0, 0.05) is 11.1 Å². The summed E-state index contributed by atoms with van der Waals surface area (Å²) in [7, 11) is 0. The first-order chi connectivity index (χ1) is 4.66. The summed E-state index contributed by atoms with van der Waals surface area (Å²) in [6.45, 7) is 2.03. The molecule has 0 unspecified atom stereocenters. The van der Waals surface area contributed by atoms with Crippen molar-refractivity contribution in [1.82, 2.24) is 0 Å². The second-order valence-electron chi connectivity index (χ2n) is 2.03. The second-order valence-corrected chi connectivity index (χ2v) is 2.52. The number of rotatable bonds is 4. The molecule has 0 atom stereocenters. The molecule has 0 fully saturated rings. The van der Waals surface area contributed by atoms with Gasteiger partial charge in [0.1, 0.15) is 0 Å². The van der Waals surface area contributed by atoms with Crippen LogP contribution in [0.5, 0.6) is 0 Å². The fourth-order valence-electron chi connectivity index (χ4n) is 0.552. The molecule has 58 valence electrons. The number of carboxylic acids is 1. The molecule has 0 aliphatic rings. The minimum absolute atomic E-state index is 0.425. The fourth-order valence-corrected chi connectivity index (χ4v) is 0.779. The van der Waals surface area contributed by atoms with Gasteiger partial charge in [-0.15, -0.1) is 0 Å². The van der Waals surface area contributed by atoms with Gasteiger partial charge in [-0.2, -0.15) is 0 Å². The molecule has 0 saturated heterocycles. The molecule has 0 spiro atoms. The third kappa shape index (κ3) is 5.63. The normalized spacial score (nSPS) is 11.6. The Labute approximate surface area is 65.5 Å². The number of carbonyl (C=O) groups is 1. The van der Waals surface area contributed by atoms with Gasteiger partial charge in [0.05, 0.1) is 0 Å². The maximum absolute atomic E-state index is 10.0. The minimum Gasteiger partial charge on any atom is -0.478 e. The van der Waals surface area contributed by atoms with Crippen molar-refractivity contribution >= 4 is 17.6 Å². The van der Waals surface area contributed by atoms with Crippen molar-refractivity contribution in [2.24, 2.45) is 0 Å². The van der Waals surface area contributed by atoms with Gasteiger partial charge in [0.15, 0.2) is 0 Å². The zero-order chi connectivity index (χ0) is 7.98. The number of hydrogen-bond acceptors (Lipinski definition) is 1.